The average molecular weight is 271 g/mol. The van der Waals surface area contributed by atoms with Crippen molar-refractivity contribution in [2.45, 2.75) is 12.8 Å². The Morgan fingerprint density at radius 3 is 2.50 bits per heavy atom. The Hall–Kier alpha value is -1.73. The first-order chi connectivity index (χ1) is 9.76. The molecule has 4 heteroatoms. The first-order valence-electron chi connectivity index (χ1n) is 7.28. The molecule has 106 valence electrons. The number of rotatable bonds is 4. The maximum atomic E-state index is 9.18. The third-order valence-corrected chi connectivity index (χ3v) is 4.42. The summed E-state index contributed by atoms with van der Waals surface area (Å²) in [4.78, 5) is 4.81. The van der Waals surface area contributed by atoms with Crippen LogP contribution in [0.5, 0.6) is 5.75 Å². The highest BCUT2D eigenvalue weighted by Crippen LogP contribution is 2.45. The van der Waals surface area contributed by atoms with E-state index in [2.05, 4.69) is 28.0 Å². The Morgan fingerprint density at radius 2 is 1.90 bits per heavy atom. The van der Waals surface area contributed by atoms with Crippen molar-refractivity contribution in [3.05, 3.63) is 24.3 Å². The van der Waals surface area contributed by atoms with Crippen molar-refractivity contribution in [2.24, 2.45) is 5.41 Å². The number of benzene rings is 1. The number of hydrogen-bond donors (Lipinski definition) is 0. The molecule has 1 aliphatic heterocycles. The molecule has 0 amide bonds. The van der Waals surface area contributed by atoms with Crippen molar-refractivity contribution >= 4 is 5.69 Å². The van der Waals surface area contributed by atoms with E-state index in [-0.39, 0.29) is 5.41 Å². The van der Waals surface area contributed by atoms with Crippen molar-refractivity contribution in [1.29, 1.82) is 5.26 Å². The van der Waals surface area contributed by atoms with E-state index in [1.165, 1.54) is 5.69 Å². The summed E-state index contributed by atoms with van der Waals surface area (Å²) in [6.45, 7) is 5.01. The first kappa shape index (κ1) is 13.3. The monoisotopic (exact) mass is 271 g/mol. The van der Waals surface area contributed by atoms with Gasteiger partial charge in [-0.15, -0.1) is 0 Å². The van der Waals surface area contributed by atoms with Gasteiger partial charge in [-0.25, -0.2) is 0 Å². The predicted molar refractivity (Wildman–Crippen MR) is 78.9 cm³/mol. The van der Waals surface area contributed by atoms with Crippen LogP contribution in [0.1, 0.15) is 12.8 Å². The maximum absolute atomic E-state index is 9.18. The third kappa shape index (κ3) is 2.59. The summed E-state index contributed by atoms with van der Waals surface area (Å²) in [6, 6.07) is 10.7. The van der Waals surface area contributed by atoms with Gasteiger partial charge in [0.1, 0.15) is 5.75 Å². The van der Waals surface area contributed by atoms with E-state index in [4.69, 9.17) is 4.74 Å². The van der Waals surface area contributed by atoms with Crippen molar-refractivity contribution in [3.8, 4) is 11.8 Å². The molecule has 0 atom stereocenters. The molecular formula is C16H21N3O. The number of methoxy groups -OCH3 is 1. The second-order valence-electron chi connectivity index (χ2n) is 5.83. The Kier molecular flexibility index (Phi) is 3.54. The van der Waals surface area contributed by atoms with Crippen LogP contribution in [0, 0.1) is 16.7 Å². The van der Waals surface area contributed by atoms with E-state index in [0.29, 0.717) is 0 Å². The van der Waals surface area contributed by atoms with Gasteiger partial charge in [0.15, 0.2) is 0 Å². The SMILES string of the molecule is COc1ccccc1N1CCN(CC2(C#N)CC2)CC1. The molecule has 1 saturated carbocycles. The Labute approximate surface area is 120 Å². The fourth-order valence-electron chi connectivity index (χ4n) is 2.92. The molecule has 2 aliphatic rings. The van der Waals surface area contributed by atoms with Crippen LogP contribution in [0.25, 0.3) is 0 Å². The third-order valence-electron chi connectivity index (χ3n) is 4.42. The molecule has 0 bridgehead atoms. The van der Waals surface area contributed by atoms with E-state index in [1.807, 2.05) is 12.1 Å². The Balaban J connectivity index is 1.60. The summed E-state index contributed by atoms with van der Waals surface area (Å²) in [5, 5.41) is 9.18. The molecule has 0 radical (unpaired) electrons. The average Bonchev–Trinajstić information content (AvgIpc) is 3.28. The molecule has 3 rings (SSSR count). The zero-order valence-corrected chi connectivity index (χ0v) is 12.0. The standard InChI is InChI=1S/C16H21N3O/c1-20-15-5-3-2-4-14(15)19-10-8-18(9-11-19)13-16(12-17)6-7-16/h2-5H,6-11,13H2,1H3. The highest BCUT2D eigenvalue weighted by molar-refractivity contribution is 5.58. The van der Waals surface area contributed by atoms with E-state index in [9.17, 15) is 5.26 Å². The quantitative estimate of drug-likeness (QED) is 0.841. The summed E-state index contributed by atoms with van der Waals surface area (Å²) in [7, 11) is 1.72. The number of para-hydroxylation sites is 2. The lowest BCUT2D eigenvalue weighted by molar-refractivity contribution is 0.229. The molecule has 20 heavy (non-hydrogen) atoms. The van der Waals surface area contributed by atoms with Gasteiger partial charge in [-0.3, -0.25) is 4.90 Å². The zero-order chi connectivity index (χ0) is 14.0. The molecule has 0 aromatic heterocycles. The van der Waals surface area contributed by atoms with Crippen LogP contribution >= 0.6 is 0 Å². The molecule has 4 nitrogen and oxygen atoms in total. The second-order valence-corrected chi connectivity index (χ2v) is 5.83. The molecule has 0 N–H and O–H groups in total. The van der Waals surface area contributed by atoms with Crippen LogP contribution in [0.15, 0.2) is 24.3 Å². The van der Waals surface area contributed by atoms with Gasteiger partial charge in [0.05, 0.1) is 24.3 Å². The zero-order valence-electron chi connectivity index (χ0n) is 12.0. The lowest BCUT2D eigenvalue weighted by Crippen LogP contribution is -2.48. The van der Waals surface area contributed by atoms with Crippen LogP contribution in [-0.4, -0.2) is 44.7 Å². The van der Waals surface area contributed by atoms with E-state index >= 15 is 0 Å². The van der Waals surface area contributed by atoms with Gasteiger partial charge in [-0.2, -0.15) is 5.26 Å². The fraction of sp³-hybridized carbons (Fsp3) is 0.562. The lowest BCUT2D eigenvalue weighted by Gasteiger charge is -2.37. The topological polar surface area (TPSA) is 39.5 Å². The molecule has 1 aromatic rings. The number of nitrogens with zero attached hydrogens (tertiary/aromatic N) is 3. The lowest BCUT2D eigenvalue weighted by atomic mass is 10.1. The molecule has 1 aromatic carbocycles. The van der Waals surface area contributed by atoms with Crippen LogP contribution in [0.4, 0.5) is 5.69 Å². The van der Waals surface area contributed by atoms with E-state index < -0.39 is 0 Å². The molecule has 0 unspecified atom stereocenters. The first-order valence-corrected chi connectivity index (χ1v) is 7.28. The fourth-order valence-corrected chi connectivity index (χ4v) is 2.92. The molecule has 1 saturated heterocycles. The van der Waals surface area contributed by atoms with Crippen LogP contribution in [0.2, 0.25) is 0 Å². The molecular weight excluding hydrogens is 250 g/mol. The van der Waals surface area contributed by atoms with E-state index in [0.717, 1.165) is 51.3 Å². The molecule has 1 heterocycles. The van der Waals surface area contributed by atoms with Crippen molar-refractivity contribution in [2.75, 3.05) is 44.7 Å². The number of piperazine rings is 1. The minimum absolute atomic E-state index is 0.0212. The van der Waals surface area contributed by atoms with Crippen LogP contribution in [0.3, 0.4) is 0 Å². The predicted octanol–water partition coefficient (Wildman–Crippen LogP) is 2.12. The smallest absolute Gasteiger partial charge is 0.142 e. The van der Waals surface area contributed by atoms with Crippen LogP contribution < -0.4 is 9.64 Å². The summed E-state index contributed by atoms with van der Waals surface area (Å²) >= 11 is 0. The highest BCUT2D eigenvalue weighted by Gasteiger charge is 2.44. The molecule has 1 aliphatic carbocycles. The maximum Gasteiger partial charge on any atom is 0.142 e. The minimum Gasteiger partial charge on any atom is -0.495 e. The summed E-state index contributed by atoms with van der Waals surface area (Å²) in [5.74, 6) is 0.941. The molecule has 0 spiro atoms. The number of anilines is 1. The second kappa shape index (κ2) is 5.34. The van der Waals surface area contributed by atoms with Gasteiger partial charge in [-0.1, -0.05) is 12.1 Å². The summed E-state index contributed by atoms with van der Waals surface area (Å²) in [5.41, 5.74) is 1.16. The van der Waals surface area contributed by atoms with Crippen molar-refractivity contribution in [3.63, 3.8) is 0 Å². The number of ether oxygens (including phenoxy) is 1. The summed E-state index contributed by atoms with van der Waals surface area (Å²) < 4.78 is 5.44. The van der Waals surface area contributed by atoms with E-state index in [1.54, 1.807) is 7.11 Å². The number of nitriles is 1. The molecule has 2 fully saturated rings. The Morgan fingerprint density at radius 1 is 1.20 bits per heavy atom. The van der Waals surface area contributed by atoms with Gasteiger partial charge < -0.3 is 9.64 Å². The number of hydrogen-bond acceptors (Lipinski definition) is 4. The van der Waals surface area contributed by atoms with Gasteiger partial charge in [0.2, 0.25) is 0 Å². The largest absolute Gasteiger partial charge is 0.495 e. The highest BCUT2D eigenvalue weighted by atomic mass is 16.5. The van der Waals surface area contributed by atoms with Gasteiger partial charge in [0.25, 0.3) is 0 Å². The Bertz CT molecular complexity index is 511. The van der Waals surface area contributed by atoms with Gasteiger partial charge in [-0.05, 0) is 25.0 Å². The van der Waals surface area contributed by atoms with Gasteiger partial charge in [0, 0.05) is 32.7 Å². The van der Waals surface area contributed by atoms with Crippen molar-refractivity contribution in [1.82, 2.24) is 4.90 Å². The van der Waals surface area contributed by atoms with Crippen LogP contribution in [-0.2, 0) is 0 Å². The summed E-state index contributed by atoms with van der Waals surface area (Å²) in [6.07, 6.45) is 2.16. The van der Waals surface area contributed by atoms with Crippen molar-refractivity contribution < 1.29 is 4.74 Å². The minimum atomic E-state index is -0.0212. The van der Waals surface area contributed by atoms with Gasteiger partial charge >= 0.3 is 0 Å². The normalized spacial score (nSPS) is 21.3.